The highest BCUT2D eigenvalue weighted by Crippen LogP contribution is 2.09. The van der Waals surface area contributed by atoms with E-state index in [4.69, 9.17) is 4.74 Å². The van der Waals surface area contributed by atoms with Crippen LogP contribution in [-0.4, -0.2) is 13.2 Å². The number of hydrogen-bond donors (Lipinski definition) is 0. The van der Waals surface area contributed by atoms with Crippen molar-refractivity contribution in [3.63, 3.8) is 0 Å². The third kappa shape index (κ3) is 3.60. The van der Waals surface area contributed by atoms with E-state index in [1.807, 2.05) is 6.07 Å². The quantitative estimate of drug-likeness (QED) is 0.673. The van der Waals surface area contributed by atoms with Crippen LogP contribution in [0.15, 0.2) is 30.3 Å². The molecule has 1 unspecified atom stereocenters. The van der Waals surface area contributed by atoms with Gasteiger partial charge in [0.1, 0.15) is 0 Å². The van der Waals surface area contributed by atoms with Crippen LogP contribution in [0, 0.1) is 0 Å². The third-order valence-electron chi connectivity index (χ3n) is 2.25. The topological polar surface area (TPSA) is 9.23 Å². The zero-order chi connectivity index (χ0) is 9.52. The van der Waals surface area contributed by atoms with Crippen molar-refractivity contribution in [1.82, 2.24) is 0 Å². The molecule has 0 radical (unpaired) electrons. The van der Waals surface area contributed by atoms with Crippen LogP contribution in [0.2, 0.25) is 0 Å². The second-order valence-electron chi connectivity index (χ2n) is 3.34. The molecule has 0 aliphatic carbocycles. The summed E-state index contributed by atoms with van der Waals surface area (Å²) in [5.74, 6) is 0. The van der Waals surface area contributed by atoms with Gasteiger partial charge in [-0.3, -0.25) is 0 Å². The molecule has 0 N–H and O–H groups in total. The first-order valence-corrected chi connectivity index (χ1v) is 4.93. The summed E-state index contributed by atoms with van der Waals surface area (Å²) in [7, 11) is 1.79. The Kier molecular flexibility index (Phi) is 4.55. The van der Waals surface area contributed by atoms with Gasteiger partial charge in [-0.25, -0.2) is 0 Å². The van der Waals surface area contributed by atoms with Gasteiger partial charge in [-0.1, -0.05) is 43.7 Å². The number of rotatable bonds is 5. The van der Waals surface area contributed by atoms with Crippen molar-refractivity contribution in [3.8, 4) is 0 Å². The van der Waals surface area contributed by atoms with E-state index in [0.717, 1.165) is 12.8 Å². The van der Waals surface area contributed by atoms with Gasteiger partial charge in [0.05, 0.1) is 6.10 Å². The fourth-order valence-electron chi connectivity index (χ4n) is 1.50. The first kappa shape index (κ1) is 10.3. The summed E-state index contributed by atoms with van der Waals surface area (Å²) in [6.45, 7) is 2.19. The van der Waals surface area contributed by atoms with Gasteiger partial charge in [-0.05, 0) is 18.4 Å². The molecule has 1 heteroatoms. The van der Waals surface area contributed by atoms with Gasteiger partial charge >= 0.3 is 0 Å². The van der Waals surface area contributed by atoms with Gasteiger partial charge in [-0.2, -0.15) is 0 Å². The highest BCUT2D eigenvalue weighted by Gasteiger charge is 2.05. The zero-order valence-corrected chi connectivity index (χ0v) is 8.49. The number of hydrogen-bond acceptors (Lipinski definition) is 1. The van der Waals surface area contributed by atoms with Crippen LogP contribution in [0.4, 0.5) is 0 Å². The smallest absolute Gasteiger partial charge is 0.0611 e. The average molecular weight is 178 g/mol. The molecule has 13 heavy (non-hydrogen) atoms. The highest BCUT2D eigenvalue weighted by molar-refractivity contribution is 5.15. The van der Waals surface area contributed by atoms with E-state index in [1.54, 1.807) is 7.11 Å². The SMILES string of the molecule is CCCC(Cc1ccccc1)OC. The molecule has 0 aliphatic heterocycles. The Bertz CT molecular complexity index is 218. The van der Waals surface area contributed by atoms with Gasteiger partial charge < -0.3 is 4.74 Å². The fraction of sp³-hybridized carbons (Fsp3) is 0.500. The Hall–Kier alpha value is -0.820. The Morgan fingerprint density at radius 2 is 1.92 bits per heavy atom. The summed E-state index contributed by atoms with van der Waals surface area (Å²) >= 11 is 0. The van der Waals surface area contributed by atoms with E-state index in [1.165, 1.54) is 12.0 Å². The second kappa shape index (κ2) is 5.76. The van der Waals surface area contributed by atoms with Crippen LogP contribution in [0.25, 0.3) is 0 Å². The molecular formula is C12H18O. The largest absolute Gasteiger partial charge is 0.381 e. The van der Waals surface area contributed by atoms with E-state index < -0.39 is 0 Å². The summed E-state index contributed by atoms with van der Waals surface area (Å²) in [6.07, 6.45) is 3.74. The minimum absolute atomic E-state index is 0.382. The minimum Gasteiger partial charge on any atom is -0.381 e. The monoisotopic (exact) mass is 178 g/mol. The third-order valence-corrected chi connectivity index (χ3v) is 2.25. The average Bonchev–Trinajstić information content (AvgIpc) is 2.19. The number of methoxy groups -OCH3 is 1. The summed E-state index contributed by atoms with van der Waals surface area (Å²) in [4.78, 5) is 0. The van der Waals surface area contributed by atoms with Gasteiger partial charge in [0, 0.05) is 7.11 Å². The van der Waals surface area contributed by atoms with Gasteiger partial charge in [0.15, 0.2) is 0 Å². The highest BCUT2D eigenvalue weighted by atomic mass is 16.5. The molecule has 0 saturated heterocycles. The maximum atomic E-state index is 5.39. The van der Waals surface area contributed by atoms with Crippen molar-refractivity contribution in [1.29, 1.82) is 0 Å². The summed E-state index contributed by atoms with van der Waals surface area (Å²) in [5, 5.41) is 0. The molecule has 0 aromatic heterocycles. The molecule has 0 fully saturated rings. The van der Waals surface area contributed by atoms with Crippen LogP contribution in [0.1, 0.15) is 25.3 Å². The Labute approximate surface area is 80.7 Å². The van der Waals surface area contributed by atoms with E-state index in [2.05, 4.69) is 31.2 Å². The predicted octanol–water partition coefficient (Wildman–Crippen LogP) is 3.04. The van der Waals surface area contributed by atoms with Crippen molar-refractivity contribution in [2.75, 3.05) is 7.11 Å². The van der Waals surface area contributed by atoms with Crippen LogP contribution in [0.5, 0.6) is 0 Å². The number of benzene rings is 1. The lowest BCUT2D eigenvalue weighted by atomic mass is 10.0. The Morgan fingerprint density at radius 1 is 1.23 bits per heavy atom. The van der Waals surface area contributed by atoms with Gasteiger partial charge in [0.2, 0.25) is 0 Å². The van der Waals surface area contributed by atoms with E-state index in [-0.39, 0.29) is 0 Å². The standard InChI is InChI=1S/C12H18O/c1-3-7-12(13-2)10-11-8-5-4-6-9-11/h4-6,8-9,12H,3,7,10H2,1-2H3. The first-order chi connectivity index (χ1) is 6.36. The molecule has 0 aliphatic rings. The Morgan fingerprint density at radius 3 is 2.46 bits per heavy atom. The van der Waals surface area contributed by atoms with Gasteiger partial charge in [-0.15, -0.1) is 0 Å². The van der Waals surface area contributed by atoms with Crippen molar-refractivity contribution in [2.45, 2.75) is 32.3 Å². The molecule has 0 saturated carbocycles. The minimum atomic E-state index is 0.382. The molecule has 72 valence electrons. The maximum absolute atomic E-state index is 5.39. The lowest BCUT2D eigenvalue weighted by Crippen LogP contribution is -2.13. The summed E-state index contributed by atoms with van der Waals surface area (Å²) in [5.41, 5.74) is 1.36. The molecule has 0 bridgehead atoms. The maximum Gasteiger partial charge on any atom is 0.0611 e. The van der Waals surface area contributed by atoms with Crippen molar-refractivity contribution in [3.05, 3.63) is 35.9 Å². The lowest BCUT2D eigenvalue weighted by Gasteiger charge is -2.13. The summed E-state index contributed by atoms with van der Waals surface area (Å²) < 4.78 is 5.39. The second-order valence-corrected chi connectivity index (χ2v) is 3.34. The lowest BCUT2D eigenvalue weighted by molar-refractivity contribution is 0.0949. The zero-order valence-electron chi connectivity index (χ0n) is 8.49. The fourth-order valence-corrected chi connectivity index (χ4v) is 1.50. The predicted molar refractivity (Wildman–Crippen MR) is 55.9 cm³/mol. The van der Waals surface area contributed by atoms with Crippen LogP contribution < -0.4 is 0 Å². The first-order valence-electron chi connectivity index (χ1n) is 4.93. The number of ether oxygens (including phenoxy) is 1. The molecule has 0 heterocycles. The molecule has 1 rings (SSSR count). The van der Waals surface area contributed by atoms with E-state index in [0.29, 0.717) is 6.10 Å². The van der Waals surface area contributed by atoms with E-state index >= 15 is 0 Å². The van der Waals surface area contributed by atoms with Crippen LogP contribution >= 0.6 is 0 Å². The summed E-state index contributed by atoms with van der Waals surface area (Å²) in [6, 6.07) is 10.5. The molecule has 1 aromatic carbocycles. The van der Waals surface area contributed by atoms with Crippen molar-refractivity contribution < 1.29 is 4.74 Å². The van der Waals surface area contributed by atoms with E-state index in [9.17, 15) is 0 Å². The molecule has 0 amide bonds. The molecule has 1 atom stereocenters. The van der Waals surface area contributed by atoms with Crippen LogP contribution in [-0.2, 0) is 11.2 Å². The molecule has 1 aromatic rings. The molecule has 1 nitrogen and oxygen atoms in total. The van der Waals surface area contributed by atoms with Gasteiger partial charge in [0.25, 0.3) is 0 Å². The normalized spacial score (nSPS) is 12.8. The molecular weight excluding hydrogens is 160 g/mol. The van der Waals surface area contributed by atoms with Crippen molar-refractivity contribution in [2.24, 2.45) is 0 Å². The van der Waals surface area contributed by atoms with Crippen LogP contribution in [0.3, 0.4) is 0 Å². The Balaban J connectivity index is 2.46. The molecule has 0 spiro atoms. The van der Waals surface area contributed by atoms with Crippen molar-refractivity contribution >= 4 is 0 Å².